The Bertz CT molecular complexity index is 1710. The fourth-order valence-electron chi connectivity index (χ4n) is 7.32. The summed E-state index contributed by atoms with van der Waals surface area (Å²) in [5.41, 5.74) is -0.412. The van der Waals surface area contributed by atoms with Crippen LogP contribution in [0.1, 0.15) is 49.2 Å². The van der Waals surface area contributed by atoms with Gasteiger partial charge in [-0.25, -0.2) is 17.6 Å². The van der Waals surface area contributed by atoms with Gasteiger partial charge in [0.25, 0.3) is 5.91 Å². The van der Waals surface area contributed by atoms with Crippen LogP contribution in [-0.2, 0) is 9.59 Å². The fraction of sp³-hybridized carbons (Fsp3) is 0.472. The lowest BCUT2D eigenvalue weighted by Crippen LogP contribution is -2.54. The lowest BCUT2D eigenvalue weighted by atomic mass is 9.87. The smallest absolute Gasteiger partial charge is 0.294 e. The van der Waals surface area contributed by atoms with Gasteiger partial charge in [0.1, 0.15) is 29.3 Å². The van der Waals surface area contributed by atoms with E-state index in [-0.39, 0.29) is 42.4 Å². The van der Waals surface area contributed by atoms with Gasteiger partial charge < -0.3 is 19.1 Å². The average Bonchev–Trinajstić information content (AvgIpc) is 3.82. The molecule has 3 aliphatic rings. The first-order valence-electron chi connectivity index (χ1n) is 16.5. The van der Waals surface area contributed by atoms with Crippen LogP contribution in [0.4, 0.5) is 23.2 Å². The molecule has 1 unspecified atom stereocenters. The summed E-state index contributed by atoms with van der Waals surface area (Å²) in [5, 5.41) is 0. The second kappa shape index (κ2) is 13.6. The maximum Gasteiger partial charge on any atom is 0.294 e. The van der Waals surface area contributed by atoms with Crippen LogP contribution in [-0.4, -0.2) is 108 Å². The fourth-order valence-corrected chi connectivity index (χ4v) is 7.32. The summed E-state index contributed by atoms with van der Waals surface area (Å²) in [6.45, 7) is 8.52. The molecular formula is C36H41F4N5O4. The number of anilines is 1. The summed E-state index contributed by atoms with van der Waals surface area (Å²) in [6.07, 6.45) is 1.28. The van der Waals surface area contributed by atoms with Gasteiger partial charge in [-0.05, 0) is 70.1 Å². The number of carbonyl (C=O) groups is 3. The van der Waals surface area contributed by atoms with Gasteiger partial charge in [-0.15, -0.1) is 0 Å². The molecule has 3 aromatic rings. The first kappa shape index (κ1) is 34.6. The van der Waals surface area contributed by atoms with Crippen molar-refractivity contribution in [1.29, 1.82) is 0 Å². The van der Waals surface area contributed by atoms with Crippen molar-refractivity contribution in [1.82, 2.24) is 19.6 Å². The monoisotopic (exact) mass is 683 g/mol. The molecule has 49 heavy (non-hydrogen) atoms. The van der Waals surface area contributed by atoms with E-state index < -0.39 is 64.5 Å². The highest BCUT2D eigenvalue weighted by atomic mass is 19.1. The number of rotatable bonds is 6. The van der Waals surface area contributed by atoms with Gasteiger partial charge in [0.05, 0.1) is 23.9 Å². The Morgan fingerprint density at radius 3 is 2.12 bits per heavy atom. The molecule has 6 rings (SSSR count). The number of nitrogens with zero attached hydrogens (tertiary/aromatic N) is 5. The van der Waals surface area contributed by atoms with Crippen LogP contribution in [0.2, 0.25) is 0 Å². The molecule has 0 N–H and O–H groups in total. The third-order valence-electron chi connectivity index (χ3n) is 10.1. The second-order valence-electron chi connectivity index (χ2n) is 14.2. The SMILES string of the molecule is CN1CCN(C(=O)[C@@H]2CC(N(C(=O)c3ccco3)c3ccc(F)cc3F)CN2C(=O)[C@@H]2CN(C(C)(C)C)C[C@H]2c2ccc(F)cc2F)CC1. The van der Waals surface area contributed by atoms with E-state index in [0.717, 1.165) is 23.1 Å². The lowest BCUT2D eigenvalue weighted by Gasteiger charge is -2.36. The van der Waals surface area contributed by atoms with Crippen LogP contribution in [0.15, 0.2) is 59.2 Å². The average molecular weight is 684 g/mol. The Kier molecular flexibility index (Phi) is 9.60. The van der Waals surface area contributed by atoms with E-state index in [1.165, 1.54) is 35.4 Å². The van der Waals surface area contributed by atoms with E-state index in [4.69, 9.17) is 4.42 Å². The minimum absolute atomic E-state index is 0.0224. The molecule has 13 heteroatoms. The molecule has 1 aromatic heterocycles. The van der Waals surface area contributed by atoms with Crippen molar-refractivity contribution in [2.24, 2.45) is 5.92 Å². The number of carbonyl (C=O) groups excluding carboxylic acids is 3. The first-order valence-corrected chi connectivity index (χ1v) is 16.5. The Balaban J connectivity index is 1.40. The summed E-state index contributed by atoms with van der Waals surface area (Å²) in [7, 11) is 1.95. The number of piperazine rings is 1. The van der Waals surface area contributed by atoms with E-state index in [1.54, 1.807) is 4.90 Å². The molecule has 0 spiro atoms. The molecule has 262 valence electrons. The van der Waals surface area contributed by atoms with Gasteiger partial charge in [-0.1, -0.05) is 6.07 Å². The minimum atomic E-state index is -1.02. The van der Waals surface area contributed by atoms with Gasteiger partial charge in [0.15, 0.2) is 5.76 Å². The van der Waals surface area contributed by atoms with Gasteiger partial charge in [-0.2, -0.15) is 0 Å². The number of hydrogen-bond acceptors (Lipinski definition) is 6. The van der Waals surface area contributed by atoms with Crippen molar-refractivity contribution < 1.29 is 36.4 Å². The van der Waals surface area contributed by atoms with Crippen LogP contribution in [0.3, 0.4) is 0 Å². The van der Waals surface area contributed by atoms with Gasteiger partial charge in [-0.3, -0.25) is 24.2 Å². The third-order valence-corrected chi connectivity index (χ3v) is 10.1. The van der Waals surface area contributed by atoms with Crippen LogP contribution < -0.4 is 4.90 Å². The quantitative estimate of drug-likeness (QED) is 0.350. The molecule has 2 aromatic carbocycles. The molecule has 3 saturated heterocycles. The maximum absolute atomic E-state index is 15.4. The third kappa shape index (κ3) is 6.96. The lowest BCUT2D eigenvalue weighted by molar-refractivity contribution is -0.147. The number of likely N-dealkylation sites (N-methyl/N-ethyl adjacent to an activating group) is 1. The number of furan rings is 1. The van der Waals surface area contributed by atoms with Crippen molar-refractivity contribution in [2.45, 2.75) is 50.7 Å². The van der Waals surface area contributed by atoms with Gasteiger partial charge in [0, 0.05) is 69.4 Å². The zero-order valence-electron chi connectivity index (χ0n) is 28.0. The number of hydrogen-bond donors (Lipinski definition) is 0. The normalized spacial score (nSPS) is 23.7. The standard InChI is InChI=1S/C36H41F4N5O4/c1-36(2,3)43-20-26(25-9-7-22(37)16-28(25)39)27(21-43)33(46)44-19-24(18-31(44)34(47)42-13-11-41(4)12-14-42)45(35(48)32-6-5-15-49-32)30-10-8-23(38)17-29(30)40/h5-10,15-17,24,26-27,31H,11-14,18-21H2,1-4H3/t24?,26-,27+,31-/m0/s1. The van der Waals surface area contributed by atoms with Crippen LogP contribution in [0.5, 0.6) is 0 Å². The summed E-state index contributed by atoms with van der Waals surface area (Å²) >= 11 is 0. The molecule has 4 heterocycles. The predicted molar refractivity (Wildman–Crippen MR) is 174 cm³/mol. The summed E-state index contributed by atoms with van der Waals surface area (Å²) < 4.78 is 64.1. The zero-order valence-corrected chi connectivity index (χ0v) is 28.0. The minimum Gasteiger partial charge on any atom is -0.459 e. The predicted octanol–water partition coefficient (Wildman–Crippen LogP) is 4.74. The van der Waals surface area contributed by atoms with E-state index >= 15 is 8.78 Å². The van der Waals surface area contributed by atoms with E-state index in [2.05, 4.69) is 9.80 Å². The molecule has 0 radical (unpaired) electrons. The molecule has 4 atom stereocenters. The highest BCUT2D eigenvalue weighted by molar-refractivity contribution is 6.05. The topological polar surface area (TPSA) is 80.5 Å². The summed E-state index contributed by atoms with van der Waals surface area (Å²) in [4.78, 5) is 51.4. The number of halogens is 4. The number of amides is 3. The van der Waals surface area contributed by atoms with Crippen LogP contribution in [0.25, 0.3) is 0 Å². The number of likely N-dealkylation sites (tertiary alicyclic amines) is 2. The molecule has 3 amide bonds. The Morgan fingerprint density at radius 2 is 1.51 bits per heavy atom. The Morgan fingerprint density at radius 1 is 0.837 bits per heavy atom. The molecular weight excluding hydrogens is 642 g/mol. The van der Waals surface area contributed by atoms with Crippen molar-refractivity contribution in [3.63, 3.8) is 0 Å². The molecule has 3 aliphatic heterocycles. The highest BCUT2D eigenvalue weighted by Gasteiger charge is 2.51. The molecule has 3 fully saturated rings. The van der Waals surface area contributed by atoms with E-state index in [1.807, 2.05) is 27.8 Å². The van der Waals surface area contributed by atoms with Crippen molar-refractivity contribution in [3.05, 3.63) is 89.4 Å². The largest absolute Gasteiger partial charge is 0.459 e. The van der Waals surface area contributed by atoms with Crippen molar-refractivity contribution >= 4 is 23.4 Å². The van der Waals surface area contributed by atoms with Crippen molar-refractivity contribution in [2.75, 3.05) is 57.8 Å². The van der Waals surface area contributed by atoms with Crippen molar-refractivity contribution in [3.8, 4) is 0 Å². The maximum atomic E-state index is 15.4. The molecule has 0 saturated carbocycles. The molecule has 9 nitrogen and oxygen atoms in total. The molecule has 0 aliphatic carbocycles. The van der Waals surface area contributed by atoms with Crippen LogP contribution >= 0.6 is 0 Å². The first-order chi connectivity index (χ1) is 23.2. The van der Waals surface area contributed by atoms with Gasteiger partial charge >= 0.3 is 0 Å². The van der Waals surface area contributed by atoms with E-state index in [0.29, 0.717) is 38.8 Å². The van der Waals surface area contributed by atoms with Crippen LogP contribution in [0, 0.1) is 29.2 Å². The van der Waals surface area contributed by atoms with Gasteiger partial charge in [0.2, 0.25) is 11.8 Å². The summed E-state index contributed by atoms with van der Waals surface area (Å²) in [5.74, 6) is -6.31. The number of benzene rings is 2. The highest BCUT2D eigenvalue weighted by Crippen LogP contribution is 2.41. The molecule has 0 bridgehead atoms. The summed E-state index contributed by atoms with van der Waals surface area (Å²) in [6, 6.07) is 7.20. The Labute approximate surface area is 283 Å². The van der Waals surface area contributed by atoms with E-state index in [9.17, 15) is 23.2 Å². The Hall–Kier alpha value is -4.23. The zero-order chi connectivity index (χ0) is 35.2. The second-order valence-corrected chi connectivity index (χ2v) is 14.2.